The minimum Gasteiger partial charge on any atom is -0.462 e. The van der Waals surface area contributed by atoms with Gasteiger partial charge >= 0.3 is 5.97 Å². The molecule has 9 atom stereocenters. The zero-order chi connectivity index (χ0) is 24.1. The molecule has 1 aliphatic heterocycles. The maximum Gasteiger partial charge on any atom is 0.302 e. The summed E-state index contributed by atoms with van der Waals surface area (Å²) in [4.78, 5) is 26.8. The van der Waals surface area contributed by atoms with Gasteiger partial charge in [0.2, 0.25) is 5.91 Å². The molecule has 4 rings (SSSR count). The summed E-state index contributed by atoms with van der Waals surface area (Å²) in [6.45, 7) is 13.8. The molecule has 1 heterocycles. The summed E-state index contributed by atoms with van der Waals surface area (Å²) < 4.78 is 6.10. The van der Waals surface area contributed by atoms with Gasteiger partial charge in [0.15, 0.2) is 0 Å². The number of piperidine rings is 1. The minimum atomic E-state index is -0.156. The Hall–Kier alpha value is -1.06. The van der Waals surface area contributed by atoms with Crippen molar-refractivity contribution >= 4 is 11.9 Å². The summed E-state index contributed by atoms with van der Waals surface area (Å²) in [7, 11) is 1.98. The number of ether oxygens (including phenoxy) is 1. The Labute approximate surface area is 202 Å². The summed E-state index contributed by atoms with van der Waals surface area (Å²) in [5, 5.41) is 0. The van der Waals surface area contributed by atoms with E-state index in [4.69, 9.17) is 4.74 Å². The molecule has 4 nitrogen and oxygen atoms in total. The van der Waals surface area contributed by atoms with Gasteiger partial charge in [0.1, 0.15) is 6.10 Å². The van der Waals surface area contributed by atoms with Crippen LogP contribution >= 0.6 is 0 Å². The number of hydrogen-bond donors (Lipinski definition) is 0. The Morgan fingerprint density at radius 3 is 2.42 bits per heavy atom. The lowest BCUT2D eigenvalue weighted by molar-refractivity contribution is -0.195. The molecule has 0 bridgehead atoms. The van der Waals surface area contributed by atoms with Crippen molar-refractivity contribution in [2.75, 3.05) is 7.05 Å². The monoisotopic (exact) mass is 459 g/mol. The zero-order valence-corrected chi connectivity index (χ0v) is 22.4. The molecule has 0 N–H and O–H groups in total. The predicted molar refractivity (Wildman–Crippen MR) is 132 cm³/mol. The lowest BCUT2D eigenvalue weighted by Crippen LogP contribution is -2.65. The molecule has 4 heteroatoms. The van der Waals surface area contributed by atoms with Crippen LogP contribution in [0.4, 0.5) is 0 Å². The lowest BCUT2D eigenvalue weighted by atomic mass is 9.45. The number of carbonyl (C=O) groups excluding carboxylic acids is 2. The Kier molecular flexibility index (Phi) is 6.97. The Balaban J connectivity index is 1.60. The molecule has 3 saturated carbocycles. The van der Waals surface area contributed by atoms with Crippen molar-refractivity contribution in [3.05, 3.63) is 0 Å². The van der Waals surface area contributed by atoms with E-state index in [9.17, 15) is 9.59 Å². The number of likely N-dealkylation sites (tertiary alicyclic amines) is 1. The van der Waals surface area contributed by atoms with Gasteiger partial charge in [-0.15, -0.1) is 0 Å². The average Bonchev–Trinajstić information content (AvgIpc) is 3.09. The van der Waals surface area contributed by atoms with E-state index in [1.807, 2.05) is 11.9 Å². The van der Waals surface area contributed by atoms with Crippen molar-refractivity contribution in [1.29, 1.82) is 0 Å². The standard InChI is InChI=1S/C29H49NO3/c1-18(2)9-8-10-19(3)21-11-12-22-27-23(13-15-28(21,22)5)29(6)16-14-26(32)30(7)25(29)17-24(27)33-20(4)31/h18-19,21-25,27H,8-17H2,1-7H3/t19-,21-,22+,23+,24+,25?,27+,28-,29-/m1/s1. The second-order valence-electron chi connectivity index (χ2n) is 13.2. The van der Waals surface area contributed by atoms with Crippen molar-refractivity contribution in [2.45, 2.75) is 118 Å². The summed E-state index contributed by atoms with van der Waals surface area (Å²) in [6, 6.07) is 0.195. The molecule has 33 heavy (non-hydrogen) atoms. The van der Waals surface area contributed by atoms with Gasteiger partial charge < -0.3 is 9.64 Å². The summed E-state index contributed by atoms with van der Waals surface area (Å²) in [5.41, 5.74) is 0.503. The molecule has 0 aromatic heterocycles. The van der Waals surface area contributed by atoms with Crippen LogP contribution in [0.3, 0.4) is 0 Å². The molecule has 0 spiro atoms. The van der Waals surface area contributed by atoms with Crippen molar-refractivity contribution < 1.29 is 14.3 Å². The minimum absolute atomic E-state index is 0.0430. The van der Waals surface area contributed by atoms with E-state index in [2.05, 4.69) is 34.6 Å². The number of nitrogens with zero attached hydrogens (tertiary/aromatic N) is 1. The molecular weight excluding hydrogens is 410 g/mol. The van der Waals surface area contributed by atoms with Gasteiger partial charge in [-0.25, -0.2) is 0 Å². The van der Waals surface area contributed by atoms with E-state index in [1.54, 1.807) is 6.92 Å². The van der Waals surface area contributed by atoms with E-state index in [0.29, 0.717) is 29.6 Å². The largest absolute Gasteiger partial charge is 0.462 e. The van der Waals surface area contributed by atoms with Crippen molar-refractivity contribution in [3.8, 4) is 0 Å². The maximum atomic E-state index is 12.6. The molecule has 0 aromatic carbocycles. The highest BCUT2D eigenvalue weighted by Gasteiger charge is 2.64. The molecule has 188 valence electrons. The first-order valence-corrected chi connectivity index (χ1v) is 13.9. The van der Waals surface area contributed by atoms with Gasteiger partial charge in [-0.1, -0.05) is 53.9 Å². The van der Waals surface area contributed by atoms with Crippen molar-refractivity contribution in [2.24, 2.45) is 46.3 Å². The normalized spacial score (nSPS) is 43.6. The van der Waals surface area contributed by atoms with Gasteiger partial charge in [0, 0.05) is 38.8 Å². The first kappa shape index (κ1) is 25.0. The summed E-state index contributed by atoms with van der Waals surface area (Å²) >= 11 is 0. The molecule has 4 fully saturated rings. The number of fused-ring (bicyclic) bond motifs is 5. The van der Waals surface area contributed by atoms with Crippen LogP contribution in [-0.4, -0.2) is 36.0 Å². The van der Waals surface area contributed by atoms with E-state index in [-0.39, 0.29) is 29.4 Å². The molecule has 0 aromatic rings. The fourth-order valence-electron chi connectivity index (χ4n) is 9.42. The molecule has 1 unspecified atom stereocenters. The molecule has 3 aliphatic carbocycles. The number of rotatable bonds is 6. The first-order chi connectivity index (χ1) is 15.5. The lowest BCUT2D eigenvalue weighted by Gasteiger charge is -2.63. The van der Waals surface area contributed by atoms with Crippen molar-refractivity contribution in [1.82, 2.24) is 4.90 Å². The van der Waals surface area contributed by atoms with Gasteiger partial charge in [-0.2, -0.15) is 0 Å². The van der Waals surface area contributed by atoms with Gasteiger partial charge in [0.25, 0.3) is 0 Å². The number of hydrogen-bond acceptors (Lipinski definition) is 3. The smallest absolute Gasteiger partial charge is 0.302 e. The average molecular weight is 460 g/mol. The Bertz CT molecular complexity index is 749. The van der Waals surface area contributed by atoms with E-state index in [1.165, 1.54) is 44.9 Å². The third kappa shape index (κ3) is 4.27. The molecule has 1 amide bonds. The van der Waals surface area contributed by atoms with Crippen LogP contribution in [0.15, 0.2) is 0 Å². The Morgan fingerprint density at radius 2 is 1.76 bits per heavy atom. The summed E-state index contributed by atoms with van der Waals surface area (Å²) in [5.74, 6) is 4.08. The number of esters is 1. The third-order valence-corrected chi connectivity index (χ3v) is 11.1. The van der Waals surface area contributed by atoms with Crippen LogP contribution in [0.1, 0.15) is 106 Å². The highest BCUT2D eigenvalue weighted by molar-refractivity contribution is 5.77. The van der Waals surface area contributed by atoms with Crippen molar-refractivity contribution in [3.63, 3.8) is 0 Å². The van der Waals surface area contributed by atoms with E-state index >= 15 is 0 Å². The number of amides is 1. The van der Waals surface area contributed by atoms with Crippen LogP contribution in [-0.2, 0) is 14.3 Å². The molecule has 0 radical (unpaired) electrons. The predicted octanol–water partition coefficient (Wildman–Crippen LogP) is 6.47. The first-order valence-electron chi connectivity index (χ1n) is 13.9. The zero-order valence-electron chi connectivity index (χ0n) is 22.4. The van der Waals surface area contributed by atoms with Gasteiger partial charge in [-0.05, 0) is 72.5 Å². The van der Waals surface area contributed by atoms with Crippen LogP contribution in [0, 0.1) is 46.3 Å². The molecular formula is C29H49NO3. The SMILES string of the molecule is CC(=O)O[C@H]1CC2N(C)C(=O)CC[C@]2(C)[C@H]2CC[C@]3(C)[C@@H]([C@H](C)CCCC(C)C)CC[C@H]3[C@H]12. The van der Waals surface area contributed by atoms with Crippen LogP contribution in [0.25, 0.3) is 0 Å². The fourth-order valence-corrected chi connectivity index (χ4v) is 9.42. The van der Waals surface area contributed by atoms with Gasteiger partial charge in [-0.3, -0.25) is 9.59 Å². The second-order valence-corrected chi connectivity index (χ2v) is 13.2. The molecule has 1 saturated heterocycles. The van der Waals surface area contributed by atoms with Crippen LogP contribution < -0.4 is 0 Å². The second kappa shape index (κ2) is 9.19. The molecule has 4 aliphatic rings. The number of carbonyl (C=O) groups is 2. The van der Waals surface area contributed by atoms with E-state index < -0.39 is 0 Å². The van der Waals surface area contributed by atoms with Gasteiger partial charge in [0.05, 0.1) is 0 Å². The maximum absolute atomic E-state index is 12.6. The van der Waals surface area contributed by atoms with E-state index in [0.717, 1.165) is 30.6 Å². The topological polar surface area (TPSA) is 46.6 Å². The summed E-state index contributed by atoms with van der Waals surface area (Å²) in [6.07, 6.45) is 11.6. The third-order valence-electron chi connectivity index (χ3n) is 11.1. The van der Waals surface area contributed by atoms with Crippen LogP contribution in [0.2, 0.25) is 0 Å². The van der Waals surface area contributed by atoms with Crippen LogP contribution in [0.5, 0.6) is 0 Å². The fraction of sp³-hybridized carbons (Fsp3) is 0.931. The highest BCUT2D eigenvalue weighted by atomic mass is 16.5. The highest BCUT2D eigenvalue weighted by Crippen LogP contribution is 2.67. The Morgan fingerprint density at radius 1 is 1.06 bits per heavy atom. The quantitative estimate of drug-likeness (QED) is 0.428.